The van der Waals surface area contributed by atoms with E-state index in [0.29, 0.717) is 28.4 Å². The molecule has 0 saturated carbocycles. The molecule has 0 bridgehead atoms. The van der Waals surface area contributed by atoms with Crippen molar-refractivity contribution in [2.24, 2.45) is 0 Å². The summed E-state index contributed by atoms with van der Waals surface area (Å²) in [5, 5.41) is 8.65. The van der Waals surface area contributed by atoms with Crippen LogP contribution in [-0.4, -0.2) is 47.8 Å². The van der Waals surface area contributed by atoms with Crippen molar-refractivity contribution in [2.45, 2.75) is 12.6 Å². The number of phosphoric acid groups is 1. The van der Waals surface area contributed by atoms with Gasteiger partial charge in [-0.2, -0.15) is 18.4 Å². The van der Waals surface area contributed by atoms with Crippen LogP contribution in [0.1, 0.15) is 17.5 Å². The predicted octanol–water partition coefficient (Wildman–Crippen LogP) is 5.89. The lowest BCUT2D eigenvalue weighted by molar-refractivity contribution is -0.157. The molecule has 2 rings (SSSR count). The highest BCUT2D eigenvalue weighted by molar-refractivity contribution is 7.48. The van der Waals surface area contributed by atoms with Gasteiger partial charge >= 0.3 is 14.0 Å². The number of ether oxygens (including phenoxy) is 4. The van der Waals surface area contributed by atoms with Crippen LogP contribution in [0.15, 0.2) is 30.3 Å². The Kier molecular flexibility index (Phi) is 10.5. The minimum atomic E-state index is -4.78. The Morgan fingerprint density at radius 1 is 0.861 bits per heavy atom. The Hall–Kier alpha value is -3.39. The van der Waals surface area contributed by atoms with E-state index >= 15 is 0 Å². The van der Waals surface area contributed by atoms with E-state index in [2.05, 4.69) is 4.52 Å². The molecule has 0 amide bonds. The first-order valence-electron chi connectivity index (χ1n) is 10.3. The number of phosphoric ester groups is 1. The van der Waals surface area contributed by atoms with Crippen LogP contribution in [0.5, 0.6) is 28.7 Å². The molecule has 1 atom stereocenters. The van der Waals surface area contributed by atoms with Crippen LogP contribution in [0.4, 0.5) is 13.2 Å². The first-order valence-corrected chi connectivity index (χ1v) is 11.7. The number of nitrogens with zero attached hydrogens (tertiary/aromatic N) is 1. The number of nitriles is 1. The molecule has 196 valence electrons. The number of rotatable bonds is 13. The third-order valence-corrected chi connectivity index (χ3v) is 5.77. The molecule has 9 nitrogen and oxygen atoms in total. The van der Waals surface area contributed by atoms with Crippen molar-refractivity contribution in [2.75, 3.05) is 41.7 Å². The largest absolute Gasteiger partial charge is 0.530 e. The van der Waals surface area contributed by atoms with Gasteiger partial charge in [-0.05, 0) is 35.4 Å². The van der Waals surface area contributed by atoms with E-state index in [1.54, 1.807) is 36.4 Å². The summed E-state index contributed by atoms with van der Waals surface area (Å²) >= 11 is 0. The molecule has 0 aliphatic heterocycles. The molecule has 0 aliphatic carbocycles. The van der Waals surface area contributed by atoms with Gasteiger partial charge in [0.2, 0.25) is 5.75 Å². The second-order valence-corrected chi connectivity index (χ2v) is 8.46. The zero-order valence-corrected chi connectivity index (χ0v) is 20.9. The number of hydrogen-bond acceptors (Lipinski definition) is 9. The average molecular weight is 531 g/mol. The smallest absolute Gasteiger partial charge is 0.493 e. The van der Waals surface area contributed by atoms with E-state index < -0.39 is 27.2 Å². The van der Waals surface area contributed by atoms with Crippen molar-refractivity contribution >= 4 is 20.0 Å². The van der Waals surface area contributed by atoms with Crippen LogP contribution < -0.4 is 23.5 Å². The summed E-state index contributed by atoms with van der Waals surface area (Å²) in [7, 11) is 0.986. The SMILES string of the molecule is COc1ccc(/C=C\c2cc(OC)c(OC)c(OC)c2)cc1OP(=O)(OCCC#N)OCC(F)(F)F. The molecule has 2 aromatic carbocycles. The van der Waals surface area contributed by atoms with Gasteiger partial charge in [-0.1, -0.05) is 18.2 Å². The molecule has 0 aromatic heterocycles. The normalized spacial score (nSPS) is 13.1. The molecule has 1 unspecified atom stereocenters. The Labute approximate surface area is 206 Å². The van der Waals surface area contributed by atoms with E-state index in [1.165, 1.54) is 40.6 Å². The van der Waals surface area contributed by atoms with Crippen molar-refractivity contribution < 1.29 is 50.3 Å². The lowest BCUT2D eigenvalue weighted by Gasteiger charge is -2.20. The summed E-state index contributed by atoms with van der Waals surface area (Å²) in [5.41, 5.74) is 1.20. The molecule has 0 fully saturated rings. The predicted molar refractivity (Wildman–Crippen MR) is 124 cm³/mol. The Morgan fingerprint density at radius 2 is 1.44 bits per heavy atom. The van der Waals surface area contributed by atoms with Gasteiger partial charge in [0.15, 0.2) is 29.6 Å². The van der Waals surface area contributed by atoms with Gasteiger partial charge in [0.1, 0.15) is 0 Å². The maximum absolute atomic E-state index is 12.9. The summed E-state index contributed by atoms with van der Waals surface area (Å²) in [6.07, 6.45) is -1.66. The van der Waals surface area contributed by atoms with Crippen molar-refractivity contribution in [3.05, 3.63) is 41.5 Å². The van der Waals surface area contributed by atoms with Crippen molar-refractivity contribution in [3.8, 4) is 34.8 Å². The quantitative estimate of drug-likeness (QED) is 0.178. The van der Waals surface area contributed by atoms with Crippen LogP contribution >= 0.6 is 7.82 Å². The zero-order chi connectivity index (χ0) is 26.8. The molecular weight excluding hydrogens is 506 g/mol. The minimum Gasteiger partial charge on any atom is -0.493 e. The van der Waals surface area contributed by atoms with Crippen LogP contribution in [-0.2, 0) is 13.6 Å². The number of benzene rings is 2. The third-order valence-electron chi connectivity index (χ3n) is 4.40. The molecule has 0 heterocycles. The summed E-state index contributed by atoms with van der Waals surface area (Å²) in [4.78, 5) is 0. The molecule has 2 aromatic rings. The first-order chi connectivity index (χ1) is 17.1. The fourth-order valence-electron chi connectivity index (χ4n) is 2.82. The van der Waals surface area contributed by atoms with Crippen molar-refractivity contribution in [1.29, 1.82) is 5.26 Å². The summed E-state index contributed by atoms with van der Waals surface area (Å²) in [5.74, 6) is 1.18. The average Bonchev–Trinajstić information content (AvgIpc) is 2.85. The molecular formula is C23H25F3NO8P. The van der Waals surface area contributed by atoms with Crippen molar-refractivity contribution in [3.63, 3.8) is 0 Å². The van der Waals surface area contributed by atoms with E-state index in [4.69, 9.17) is 33.3 Å². The maximum Gasteiger partial charge on any atom is 0.530 e. The second-order valence-electron chi connectivity index (χ2n) is 6.87. The number of alkyl halides is 3. The highest BCUT2D eigenvalue weighted by atomic mass is 31.2. The van der Waals surface area contributed by atoms with E-state index in [-0.39, 0.29) is 17.9 Å². The van der Waals surface area contributed by atoms with E-state index in [0.717, 1.165) is 0 Å². The highest BCUT2D eigenvalue weighted by Crippen LogP contribution is 2.52. The standard InChI is InChI=1S/C23H25F3NO8P/c1-29-18-9-8-16(6-7-17-13-20(30-2)22(32-4)21(14-17)31-3)12-19(18)35-36(28,33-11-5-10-27)34-15-23(24,25)26/h6-9,12-14H,5,11,15H2,1-4H3/b7-6-. The van der Waals surface area contributed by atoms with Gasteiger partial charge in [-0.15, -0.1) is 0 Å². The van der Waals surface area contributed by atoms with Gasteiger partial charge in [0.05, 0.1) is 47.5 Å². The third kappa shape index (κ3) is 8.37. The van der Waals surface area contributed by atoms with Gasteiger partial charge in [-0.25, -0.2) is 4.57 Å². The van der Waals surface area contributed by atoms with Gasteiger partial charge in [0.25, 0.3) is 0 Å². The summed E-state index contributed by atoms with van der Waals surface area (Å²) in [6.45, 7) is -2.34. The molecule has 0 aliphatic rings. The van der Waals surface area contributed by atoms with Gasteiger partial charge < -0.3 is 23.5 Å². The topological polar surface area (TPSA) is 105 Å². The number of halogens is 3. The zero-order valence-electron chi connectivity index (χ0n) is 20.0. The molecule has 0 saturated heterocycles. The maximum atomic E-state index is 12.9. The Morgan fingerprint density at radius 3 is 1.97 bits per heavy atom. The van der Waals surface area contributed by atoms with Crippen LogP contribution in [0.3, 0.4) is 0 Å². The van der Waals surface area contributed by atoms with Crippen LogP contribution in [0, 0.1) is 11.3 Å². The fourth-order valence-corrected chi connectivity index (χ4v) is 4.01. The Balaban J connectivity index is 2.37. The van der Waals surface area contributed by atoms with Crippen LogP contribution in [0.25, 0.3) is 12.2 Å². The monoisotopic (exact) mass is 531 g/mol. The lowest BCUT2D eigenvalue weighted by Crippen LogP contribution is -2.18. The van der Waals surface area contributed by atoms with E-state index in [9.17, 15) is 17.7 Å². The molecule has 0 radical (unpaired) electrons. The highest BCUT2D eigenvalue weighted by Gasteiger charge is 2.37. The fraction of sp³-hybridized carbons (Fsp3) is 0.348. The summed E-state index contributed by atoms with van der Waals surface area (Å²) in [6, 6.07) is 9.63. The van der Waals surface area contributed by atoms with Gasteiger partial charge in [0, 0.05) is 0 Å². The number of methoxy groups -OCH3 is 4. The lowest BCUT2D eigenvalue weighted by atomic mass is 10.1. The van der Waals surface area contributed by atoms with Crippen molar-refractivity contribution in [1.82, 2.24) is 0 Å². The van der Waals surface area contributed by atoms with Gasteiger partial charge in [-0.3, -0.25) is 9.05 Å². The minimum absolute atomic E-state index is 0.0691. The number of hydrogen-bond donors (Lipinski definition) is 0. The first kappa shape index (κ1) is 28.8. The van der Waals surface area contributed by atoms with E-state index in [1.807, 2.05) is 0 Å². The molecule has 13 heteroatoms. The Bertz CT molecular complexity index is 1120. The molecule has 36 heavy (non-hydrogen) atoms. The molecule has 0 N–H and O–H groups in total. The summed E-state index contributed by atoms with van der Waals surface area (Å²) < 4.78 is 86.6. The molecule has 0 spiro atoms. The second kappa shape index (κ2) is 13.1. The van der Waals surface area contributed by atoms with Crippen LogP contribution in [0.2, 0.25) is 0 Å².